The number of rotatable bonds is 9. The highest BCUT2D eigenvalue weighted by molar-refractivity contribution is 7.07. The lowest BCUT2D eigenvalue weighted by Crippen LogP contribution is -2.43. The van der Waals surface area contributed by atoms with E-state index in [0.717, 1.165) is 16.7 Å². The Bertz CT molecular complexity index is 1930. The van der Waals surface area contributed by atoms with Crippen molar-refractivity contribution < 1.29 is 14.3 Å². The van der Waals surface area contributed by atoms with Crippen molar-refractivity contribution in [2.24, 2.45) is 4.99 Å². The number of nitrogens with zero attached hydrogens (tertiary/aromatic N) is 3. The summed E-state index contributed by atoms with van der Waals surface area (Å²) in [6.07, 6.45) is 1.79. The number of halogens is 3. The lowest BCUT2D eigenvalue weighted by molar-refractivity contribution is -0.127. The average Bonchev–Trinajstić information content (AvgIpc) is 3.32. The molecule has 0 unspecified atom stereocenters. The molecule has 0 radical (unpaired) electrons. The zero-order chi connectivity index (χ0) is 31.5. The van der Waals surface area contributed by atoms with Gasteiger partial charge in [-0.3, -0.25) is 14.2 Å². The molecule has 0 N–H and O–H groups in total. The molecule has 228 valence electrons. The van der Waals surface area contributed by atoms with Crippen molar-refractivity contribution in [1.29, 1.82) is 0 Å². The monoisotopic (exact) mass is 669 g/mol. The Labute approximate surface area is 274 Å². The first kappa shape index (κ1) is 31.9. The van der Waals surface area contributed by atoms with Crippen LogP contribution < -0.4 is 24.4 Å². The SMILES string of the molecule is CCN(CC)C(=O)C1=C(C)N=c2s/c(=C/c3ccc(OCc4ccc(Cl)c(Cl)c4)c(OC)c3)c(=O)n2[C@@H]1c1ccc(Cl)cc1. The molecule has 0 spiro atoms. The molecule has 1 aliphatic heterocycles. The molecule has 4 aromatic rings. The van der Waals surface area contributed by atoms with Crippen LogP contribution in [0.15, 0.2) is 81.7 Å². The fourth-order valence-electron chi connectivity index (χ4n) is 5.07. The Morgan fingerprint density at radius 2 is 1.73 bits per heavy atom. The molecule has 1 aliphatic rings. The highest BCUT2D eigenvalue weighted by atomic mass is 35.5. The van der Waals surface area contributed by atoms with Crippen LogP contribution in [0.2, 0.25) is 15.1 Å². The highest BCUT2D eigenvalue weighted by Crippen LogP contribution is 2.33. The van der Waals surface area contributed by atoms with Gasteiger partial charge in [0.2, 0.25) is 0 Å². The number of carbonyl (C=O) groups excluding carboxylic acids is 1. The van der Waals surface area contributed by atoms with E-state index in [4.69, 9.17) is 49.3 Å². The number of aromatic nitrogens is 1. The van der Waals surface area contributed by atoms with Gasteiger partial charge in [-0.25, -0.2) is 4.99 Å². The Morgan fingerprint density at radius 1 is 1.00 bits per heavy atom. The molecule has 0 fully saturated rings. The summed E-state index contributed by atoms with van der Waals surface area (Å²) in [7, 11) is 1.56. The van der Waals surface area contributed by atoms with E-state index >= 15 is 0 Å². The lowest BCUT2D eigenvalue weighted by atomic mass is 9.94. The van der Waals surface area contributed by atoms with E-state index in [1.54, 1.807) is 59.1 Å². The van der Waals surface area contributed by atoms with Crippen LogP contribution >= 0.6 is 46.1 Å². The third kappa shape index (κ3) is 6.44. The van der Waals surface area contributed by atoms with Gasteiger partial charge in [-0.2, -0.15) is 0 Å². The van der Waals surface area contributed by atoms with E-state index in [1.165, 1.54) is 11.3 Å². The van der Waals surface area contributed by atoms with Gasteiger partial charge in [0.25, 0.3) is 11.5 Å². The van der Waals surface area contributed by atoms with Crippen LogP contribution in [0, 0.1) is 0 Å². The lowest BCUT2D eigenvalue weighted by Gasteiger charge is -2.29. The number of ether oxygens (including phenoxy) is 2. The summed E-state index contributed by atoms with van der Waals surface area (Å²) in [5, 5.41) is 1.50. The number of hydrogen-bond acceptors (Lipinski definition) is 6. The number of methoxy groups -OCH3 is 1. The fraction of sp³-hybridized carbons (Fsp3) is 0.242. The van der Waals surface area contributed by atoms with Crippen LogP contribution in [0.1, 0.15) is 43.5 Å². The maximum Gasteiger partial charge on any atom is 0.271 e. The first-order valence-electron chi connectivity index (χ1n) is 14.0. The van der Waals surface area contributed by atoms with Gasteiger partial charge < -0.3 is 14.4 Å². The minimum Gasteiger partial charge on any atom is -0.493 e. The van der Waals surface area contributed by atoms with E-state index in [2.05, 4.69) is 0 Å². The summed E-state index contributed by atoms with van der Waals surface area (Å²) in [6, 6.07) is 17.3. The number of amides is 1. The topological polar surface area (TPSA) is 73.1 Å². The van der Waals surface area contributed by atoms with Gasteiger partial charge in [0.15, 0.2) is 16.3 Å². The number of likely N-dealkylation sites (N-methyl/N-ethyl adjacent to an activating group) is 1. The number of allylic oxidation sites excluding steroid dienone is 1. The summed E-state index contributed by atoms with van der Waals surface area (Å²) < 4.78 is 13.7. The van der Waals surface area contributed by atoms with Crippen molar-refractivity contribution in [3.05, 3.63) is 123 Å². The molecule has 1 amide bonds. The normalized spacial score (nSPS) is 14.7. The van der Waals surface area contributed by atoms with Crippen LogP contribution in [0.25, 0.3) is 6.08 Å². The summed E-state index contributed by atoms with van der Waals surface area (Å²) in [5.74, 6) is 0.898. The van der Waals surface area contributed by atoms with Crippen molar-refractivity contribution in [1.82, 2.24) is 9.47 Å². The Hall–Kier alpha value is -3.56. The molecular weight excluding hydrogens is 641 g/mol. The van der Waals surface area contributed by atoms with Crippen molar-refractivity contribution in [3.63, 3.8) is 0 Å². The minimum atomic E-state index is -0.648. The molecule has 7 nitrogen and oxygen atoms in total. The molecule has 44 heavy (non-hydrogen) atoms. The van der Waals surface area contributed by atoms with Crippen LogP contribution in [-0.4, -0.2) is 35.6 Å². The van der Waals surface area contributed by atoms with Gasteiger partial charge in [0.1, 0.15) is 6.61 Å². The van der Waals surface area contributed by atoms with Gasteiger partial charge >= 0.3 is 0 Å². The smallest absolute Gasteiger partial charge is 0.271 e. The van der Waals surface area contributed by atoms with Gasteiger partial charge in [0, 0.05) is 18.1 Å². The molecular formula is C33H30Cl3N3O4S. The van der Waals surface area contributed by atoms with E-state index in [9.17, 15) is 9.59 Å². The summed E-state index contributed by atoms with van der Waals surface area (Å²) in [4.78, 5) is 34.7. The zero-order valence-corrected chi connectivity index (χ0v) is 27.7. The number of thiazole rings is 1. The second-order valence-corrected chi connectivity index (χ2v) is 12.3. The van der Waals surface area contributed by atoms with Crippen LogP contribution in [-0.2, 0) is 11.4 Å². The van der Waals surface area contributed by atoms with Crippen LogP contribution in [0.5, 0.6) is 11.5 Å². The highest BCUT2D eigenvalue weighted by Gasteiger charge is 2.34. The molecule has 2 heterocycles. The molecule has 11 heteroatoms. The molecule has 0 bridgehead atoms. The first-order chi connectivity index (χ1) is 21.1. The minimum absolute atomic E-state index is 0.147. The molecule has 1 atom stereocenters. The predicted octanol–water partition coefficient (Wildman–Crippen LogP) is 6.65. The Balaban J connectivity index is 1.54. The van der Waals surface area contributed by atoms with Gasteiger partial charge in [0.05, 0.1) is 39.0 Å². The molecule has 0 saturated heterocycles. The van der Waals surface area contributed by atoms with E-state index < -0.39 is 6.04 Å². The quantitative estimate of drug-likeness (QED) is 0.200. The maximum atomic E-state index is 14.0. The van der Waals surface area contributed by atoms with Crippen LogP contribution in [0.4, 0.5) is 0 Å². The zero-order valence-electron chi connectivity index (χ0n) is 24.6. The second kappa shape index (κ2) is 13.6. The van der Waals surface area contributed by atoms with Gasteiger partial charge in [-0.15, -0.1) is 0 Å². The van der Waals surface area contributed by atoms with Crippen molar-refractivity contribution >= 4 is 58.1 Å². The molecule has 0 aliphatic carbocycles. The number of carbonyl (C=O) groups is 1. The Morgan fingerprint density at radius 3 is 2.39 bits per heavy atom. The molecule has 3 aromatic carbocycles. The number of benzene rings is 3. The fourth-order valence-corrected chi connectivity index (χ4v) is 6.57. The van der Waals surface area contributed by atoms with E-state index in [-0.39, 0.29) is 18.1 Å². The number of hydrogen-bond donors (Lipinski definition) is 0. The maximum absolute atomic E-state index is 14.0. The Kier molecular flexibility index (Phi) is 9.85. The van der Waals surface area contributed by atoms with Gasteiger partial charge in [-0.1, -0.05) is 70.4 Å². The van der Waals surface area contributed by atoms with Crippen molar-refractivity contribution in [2.45, 2.75) is 33.4 Å². The summed E-state index contributed by atoms with van der Waals surface area (Å²) in [6.45, 7) is 7.03. The first-order valence-corrected chi connectivity index (χ1v) is 15.9. The summed E-state index contributed by atoms with van der Waals surface area (Å²) >= 11 is 19.6. The predicted molar refractivity (Wildman–Crippen MR) is 177 cm³/mol. The van der Waals surface area contributed by atoms with Crippen molar-refractivity contribution in [3.8, 4) is 11.5 Å². The average molecular weight is 671 g/mol. The largest absolute Gasteiger partial charge is 0.493 e. The summed E-state index contributed by atoms with van der Waals surface area (Å²) in [5.41, 5.74) is 3.19. The van der Waals surface area contributed by atoms with E-state index in [0.29, 0.717) is 60.3 Å². The van der Waals surface area contributed by atoms with Gasteiger partial charge in [-0.05, 0) is 79.9 Å². The third-order valence-electron chi connectivity index (χ3n) is 7.35. The number of fused-ring (bicyclic) bond motifs is 1. The third-order valence-corrected chi connectivity index (χ3v) is 9.33. The standard InChI is InChI=1S/C33H30Cl3N3O4S/c1-5-38(6-2)32(41)29-19(3)37-33-39(30(29)22-9-11-23(34)12-10-22)31(40)28(44-33)17-20-8-14-26(27(16-20)42-4)43-18-21-7-13-24(35)25(36)15-21/h7-17,30H,5-6,18H2,1-4H3/b28-17+/t30-/m1/s1. The molecule has 0 saturated carbocycles. The second-order valence-electron chi connectivity index (χ2n) is 10.1. The van der Waals surface area contributed by atoms with Crippen molar-refractivity contribution in [2.75, 3.05) is 20.2 Å². The van der Waals surface area contributed by atoms with Crippen LogP contribution in [0.3, 0.4) is 0 Å². The van der Waals surface area contributed by atoms with E-state index in [1.807, 2.05) is 45.0 Å². The molecule has 5 rings (SSSR count). The molecule has 1 aromatic heterocycles.